The van der Waals surface area contributed by atoms with Gasteiger partial charge >= 0.3 is 0 Å². The monoisotopic (exact) mass is 282 g/mol. The van der Waals surface area contributed by atoms with Gasteiger partial charge < -0.3 is 15.8 Å². The van der Waals surface area contributed by atoms with Crippen LogP contribution in [-0.2, 0) is 9.53 Å². The smallest absolute Gasteiger partial charge is 0.232 e. The minimum Gasteiger partial charge on any atom is -0.381 e. The first kappa shape index (κ1) is 14.3. The van der Waals surface area contributed by atoms with Crippen LogP contribution in [0.4, 0.5) is 5.69 Å². The minimum absolute atomic E-state index is 0.0243. The summed E-state index contributed by atoms with van der Waals surface area (Å²) in [6.45, 7) is 3.43. The van der Waals surface area contributed by atoms with Crippen molar-refractivity contribution in [1.82, 2.24) is 0 Å². The van der Waals surface area contributed by atoms with E-state index >= 15 is 0 Å². The summed E-state index contributed by atoms with van der Waals surface area (Å²) in [5, 5.41) is 3.63. The third-order valence-corrected chi connectivity index (χ3v) is 3.99. The van der Waals surface area contributed by atoms with Crippen molar-refractivity contribution in [2.75, 3.05) is 25.1 Å². The van der Waals surface area contributed by atoms with Gasteiger partial charge in [0, 0.05) is 30.5 Å². The lowest BCUT2D eigenvalue weighted by atomic mass is 9.79. The van der Waals surface area contributed by atoms with Crippen molar-refractivity contribution < 1.29 is 9.53 Å². The zero-order chi connectivity index (χ0) is 13.9. The van der Waals surface area contributed by atoms with E-state index < -0.39 is 5.41 Å². The van der Waals surface area contributed by atoms with Crippen LogP contribution in [0.25, 0.3) is 0 Å². The van der Waals surface area contributed by atoms with Gasteiger partial charge in [0.2, 0.25) is 5.91 Å². The second-order valence-corrected chi connectivity index (χ2v) is 5.45. The molecule has 0 unspecified atom stereocenters. The van der Waals surface area contributed by atoms with Gasteiger partial charge in [0.15, 0.2) is 0 Å². The summed E-state index contributed by atoms with van der Waals surface area (Å²) in [5.74, 6) is -0.0243. The fourth-order valence-electron chi connectivity index (χ4n) is 2.31. The molecule has 0 aliphatic carbocycles. The number of ether oxygens (including phenoxy) is 1. The first-order valence-electron chi connectivity index (χ1n) is 6.43. The van der Waals surface area contributed by atoms with Crippen LogP contribution < -0.4 is 11.1 Å². The maximum absolute atomic E-state index is 12.5. The maximum atomic E-state index is 12.5. The quantitative estimate of drug-likeness (QED) is 0.894. The summed E-state index contributed by atoms with van der Waals surface area (Å²) in [6, 6.07) is 5.42. The Balaban J connectivity index is 2.15. The Morgan fingerprint density at radius 1 is 1.47 bits per heavy atom. The number of rotatable bonds is 3. The summed E-state index contributed by atoms with van der Waals surface area (Å²) in [5.41, 5.74) is 7.04. The van der Waals surface area contributed by atoms with Crippen molar-refractivity contribution in [3.05, 3.63) is 28.8 Å². The molecule has 1 aromatic carbocycles. The van der Waals surface area contributed by atoms with Crippen LogP contribution in [0.3, 0.4) is 0 Å². The van der Waals surface area contributed by atoms with Crippen LogP contribution >= 0.6 is 11.6 Å². The van der Waals surface area contributed by atoms with Crippen molar-refractivity contribution in [3.8, 4) is 0 Å². The zero-order valence-corrected chi connectivity index (χ0v) is 11.8. The molecule has 4 nitrogen and oxygen atoms in total. The molecule has 1 aliphatic rings. The van der Waals surface area contributed by atoms with Crippen LogP contribution in [0.15, 0.2) is 18.2 Å². The highest BCUT2D eigenvalue weighted by Crippen LogP contribution is 2.31. The molecule has 0 saturated carbocycles. The van der Waals surface area contributed by atoms with E-state index in [4.69, 9.17) is 22.1 Å². The lowest BCUT2D eigenvalue weighted by molar-refractivity contribution is -0.130. The van der Waals surface area contributed by atoms with E-state index in [1.165, 1.54) is 0 Å². The van der Waals surface area contributed by atoms with E-state index in [9.17, 15) is 4.79 Å². The number of anilines is 1. The molecule has 19 heavy (non-hydrogen) atoms. The highest BCUT2D eigenvalue weighted by atomic mass is 35.5. The molecule has 1 aliphatic heterocycles. The normalized spacial score (nSPS) is 18.1. The third kappa shape index (κ3) is 3.08. The van der Waals surface area contributed by atoms with E-state index in [-0.39, 0.29) is 5.91 Å². The van der Waals surface area contributed by atoms with Crippen molar-refractivity contribution in [1.29, 1.82) is 0 Å². The summed E-state index contributed by atoms with van der Waals surface area (Å²) in [7, 11) is 0. The number of carbonyl (C=O) groups excluding carboxylic acids is 1. The Morgan fingerprint density at radius 3 is 2.74 bits per heavy atom. The number of halogens is 1. The largest absolute Gasteiger partial charge is 0.381 e. The van der Waals surface area contributed by atoms with Crippen LogP contribution in [0, 0.1) is 12.3 Å². The van der Waals surface area contributed by atoms with Crippen LogP contribution in [0.5, 0.6) is 0 Å². The molecule has 1 fully saturated rings. The lowest BCUT2D eigenvalue weighted by Crippen LogP contribution is -2.46. The lowest BCUT2D eigenvalue weighted by Gasteiger charge is -2.34. The number of nitrogens with two attached hydrogens (primary N) is 1. The number of carbonyl (C=O) groups is 1. The number of hydrogen-bond donors (Lipinski definition) is 2. The highest BCUT2D eigenvalue weighted by molar-refractivity contribution is 6.30. The standard InChI is InChI=1S/C14H19ClN2O2/c1-10-8-11(15)2-3-12(10)17-13(18)14(9-16)4-6-19-7-5-14/h2-3,8H,4-7,9,16H2,1H3,(H,17,18). The molecule has 5 heteroatoms. The topological polar surface area (TPSA) is 64.4 Å². The molecule has 1 heterocycles. The Hall–Kier alpha value is -1.10. The highest BCUT2D eigenvalue weighted by Gasteiger charge is 2.38. The van der Waals surface area contributed by atoms with Gasteiger partial charge in [0.25, 0.3) is 0 Å². The van der Waals surface area contributed by atoms with Gasteiger partial charge in [-0.3, -0.25) is 4.79 Å². The fourth-order valence-corrected chi connectivity index (χ4v) is 2.53. The van der Waals surface area contributed by atoms with Gasteiger partial charge in [-0.2, -0.15) is 0 Å². The summed E-state index contributed by atoms with van der Waals surface area (Å²) in [6.07, 6.45) is 1.34. The van der Waals surface area contributed by atoms with Gasteiger partial charge in [-0.05, 0) is 43.5 Å². The molecule has 0 aromatic heterocycles. The molecule has 0 radical (unpaired) electrons. The van der Waals surface area contributed by atoms with E-state index in [0.717, 1.165) is 11.3 Å². The molecule has 3 N–H and O–H groups in total. The number of nitrogens with one attached hydrogen (secondary N) is 1. The minimum atomic E-state index is -0.510. The molecule has 0 spiro atoms. The van der Waals surface area contributed by atoms with Crippen molar-refractivity contribution in [3.63, 3.8) is 0 Å². The van der Waals surface area contributed by atoms with Crippen molar-refractivity contribution >= 4 is 23.2 Å². The summed E-state index contributed by atoms with van der Waals surface area (Å²) >= 11 is 5.91. The predicted octanol–water partition coefficient (Wildman–Crippen LogP) is 2.34. The van der Waals surface area contributed by atoms with Crippen LogP contribution in [0.2, 0.25) is 5.02 Å². The summed E-state index contributed by atoms with van der Waals surface area (Å²) < 4.78 is 5.31. The van der Waals surface area contributed by atoms with E-state index in [2.05, 4.69) is 5.32 Å². The average Bonchev–Trinajstić information content (AvgIpc) is 2.42. The average molecular weight is 283 g/mol. The van der Waals surface area contributed by atoms with Gasteiger partial charge in [0.05, 0.1) is 5.41 Å². The number of amides is 1. The molecule has 1 amide bonds. The summed E-state index contributed by atoms with van der Waals surface area (Å²) in [4.78, 5) is 12.5. The molecular weight excluding hydrogens is 264 g/mol. The number of hydrogen-bond acceptors (Lipinski definition) is 3. The molecule has 0 bridgehead atoms. The van der Waals surface area contributed by atoms with Gasteiger partial charge in [-0.1, -0.05) is 11.6 Å². The van der Waals surface area contributed by atoms with E-state index in [1.807, 2.05) is 19.1 Å². The molecule has 1 aromatic rings. The van der Waals surface area contributed by atoms with Crippen molar-refractivity contribution in [2.24, 2.45) is 11.1 Å². The van der Waals surface area contributed by atoms with E-state index in [0.29, 0.717) is 37.6 Å². The van der Waals surface area contributed by atoms with Gasteiger partial charge in [-0.15, -0.1) is 0 Å². The SMILES string of the molecule is Cc1cc(Cl)ccc1NC(=O)C1(CN)CCOCC1. The Bertz CT molecular complexity index is 471. The van der Waals surface area contributed by atoms with Gasteiger partial charge in [-0.25, -0.2) is 0 Å². The number of aryl methyl sites for hydroxylation is 1. The first-order valence-corrected chi connectivity index (χ1v) is 6.81. The van der Waals surface area contributed by atoms with Gasteiger partial charge in [0.1, 0.15) is 0 Å². The predicted molar refractivity (Wildman–Crippen MR) is 76.4 cm³/mol. The second-order valence-electron chi connectivity index (χ2n) is 5.01. The third-order valence-electron chi connectivity index (χ3n) is 3.76. The molecule has 0 atom stereocenters. The Kier molecular flexibility index (Phi) is 4.45. The van der Waals surface area contributed by atoms with E-state index in [1.54, 1.807) is 6.07 Å². The molecule has 2 rings (SSSR count). The van der Waals surface area contributed by atoms with Crippen LogP contribution in [0.1, 0.15) is 18.4 Å². The maximum Gasteiger partial charge on any atom is 0.232 e. The fraction of sp³-hybridized carbons (Fsp3) is 0.500. The molecular formula is C14H19ClN2O2. The Morgan fingerprint density at radius 2 is 2.16 bits per heavy atom. The molecule has 104 valence electrons. The van der Waals surface area contributed by atoms with Crippen molar-refractivity contribution in [2.45, 2.75) is 19.8 Å². The van der Waals surface area contributed by atoms with Crippen LogP contribution in [-0.4, -0.2) is 25.7 Å². The Labute approximate surface area is 118 Å². The first-order chi connectivity index (χ1) is 9.07. The molecule has 1 saturated heterocycles. The zero-order valence-electron chi connectivity index (χ0n) is 11.0. The second kappa shape index (κ2) is 5.90. The number of benzene rings is 1.